The van der Waals surface area contributed by atoms with Crippen LogP contribution in [0.4, 0.5) is 11.6 Å². The van der Waals surface area contributed by atoms with E-state index in [1.165, 1.54) is 0 Å². The first-order valence-corrected chi connectivity index (χ1v) is 10.1. The topological polar surface area (TPSA) is 121 Å². The van der Waals surface area contributed by atoms with E-state index in [0.29, 0.717) is 52.9 Å². The van der Waals surface area contributed by atoms with Crippen molar-refractivity contribution in [3.8, 4) is 17.2 Å². The molecule has 2 aliphatic rings. The molecule has 0 amide bonds. The highest BCUT2D eigenvalue weighted by Crippen LogP contribution is 2.47. The van der Waals surface area contributed by atoms with Crippen LogP contribution in [0.25, 0.3) is 0 Å². The van der Waals surface area contributed by atoms with Crippen LogP contribution in [0.5, 0.6) is 17.2 Å². The number of carbonyl (C=O) groups excluding carboxylic acids is 1. The first-order chi connectivity index (χ1) is 15.6. The van der Waals surface area contributed by atoms with Gasteiger partial charge in [-0.15, -0.1) is 0 Å². The third kappa shape index (κ3) is 3.24. The molecule has 32 heavy (non-hydrogen) atoms. The quantitative estimate of drug-likeness (QED) is 0.610. The number of rotatable bonds is 5. The fourth-order valence-corrected chi connectivity index (χ4v) is 4.34. The molecule has 0 bridgehead atoms. The van der Waals surface area contributed by atoms with Gasteiger partial charge in [-0.1, -0.05) is 0 Å². The molecule has 2 unspecified atom stereocenters. The minimum atomic E-state index is -0.578. The molecule has 0 spiro atoms. The molecule has 0 saturated heterocycles. The van der Waals surface area contributed by atoms with E-state index in [1.807, 2.05) is 12.1 Å². The molecular formula is C22H22N4O6. The Morgan fingerprint density at radius 3 is 2.47 bits per heavy atom. The van der Waals surface area contributed by atoms with Gasteiger partial charge in [0.05, 0.1) is 33.6 Å². The molecule has 0 radical (unpaired) electrons. The van der Waals surface area contributed by atoms with Gasteiger partial charge in [0.25, 0.3) is 0 Å². The molecule has 2 aromatic heterocycles. The van der Waals surface area contributed by atoms with E-state index in [9.17, 15) is 4.79 Å². The maximum Gasteiger partial charge on any atom is 0.219 e. The van der Waals surface area contributed by atoms with Crippen molar-refractivity contribution < 1.29 is 28.1 Å². The van der Waals surface area contributed by atoms with Gasteiger partial charge < -0.3 is 29.3 Å². The number of allylic oxidation sites excluding steroid dienone is 1. The molecule has 10 heteroatoms. The highest BCUT2D eigenvalue weighted by atomic mass is 16.6. The van der Waals surface area contributed by atoms with Gasteiger partial charge >= 0.3 is 0 Å². The van der Waals surface area contributed by atoms with E-state index in [2.05, 4.69) is 20.9 Å². The third-order valence-electron chi connectivity index (χ3n) is 5.83. The summed E-state index contributed by atoms with van der Waals surface area (Å²) in [7, 11) is 4.67. The summed E-state index contributed by atoms with van der Waals surface area (Å²) in [5.74, 6) is 3.03. The summed E-state index contributed by atoms with van der Waals surface area (Å²) in [5.41, 5.74) is 2.00. The van der Waals surface area contributed by atoms with Crippen LogP contribution in [-0.2, 0) is 4.79 Å². The van der Waals surface area contributed by atoms with Crippen molar-refractivity contribution in [3.63, 3.8) is 0 Å². The normalized spacial score (nSPS) is 19.9. The number of carbonyl (C=O) groups is 1. The van der Waals surface area contributed by atoms with Gasteiger partial charge in [-0.05, 0) is 34.9 Å². The van der Waals surface area contributed by atoms with Crippen molar-refractivity contribution in [1.82, 2.24) is 10.3 Å². The van der Waals surface area contributed by atoms with Crippen LogP contribution in [0.3, 0.4) is 0 Å². The number of Topliss-reactive ketones (excluding diaryl/α,β-unsaturated/α-hetero) is 1. The number of nitrogens with zero attached hydrogens (tertiary/aromatic N) is 2. The largest absolute Gasteiger partial charge is 0.496 e. The first kappa shape index (κ1) is 20.0. The monoisotopic (exact) mass is 438 g/mol. The van der Waals surface area contributed by atoms with Crippen molar-refractivity contribution in [2.75, 3.05) is 32.0 Å². The van der Waals surface area contributed by atoms with Crippen LogP contribution in [0.2, 0.25) is 0 Å². The van der Waals surface area contributed by atoms with Gasteiger partial charge in [-0.2, -0.15) is 0 Å². The van der Waals surface area contributed by atoms with Gasteiger partial charge in [0.15, 0.2) is 17.3 Å². The molecule has 1 aromatic carbocycles. The number of fused-ring (bicyclic) bond motifs is 1. The Morgan fingerprint density at radius 2 is 1.75 bits per heavy atom. The van der Waals surface area contributed by atoms with Gasteiger partial charge in [0.2, 0.25) is 11.6 Å². The predicted octanol–water partition coefficient (Wildman–Crippen LogP) is 3.67. The fourth-order valence-electron chi connectivity index (χ4n) is 4.34. The summed E-state index contributed by atoms with van der Waals surface area (Å²) in [6.45, 7) is 0. The number of anilines is 2. The number of hydrogen-bond acceptors (Lipinski definition) is 10. The minimum absolute atomic E-state index is 0.0171. The Bertz CT molecular complexity index is 1180. The van der Waals surface area contributed by atoms with Crippen LogP contribution < -0.4 is 24.8 Å². The van der Waals surface area contributed by atoms with E-state index < -0.39 is 6.04 Å². The zero-order valence-electron chi connectivity index (χ0n) is 17.8. The molecule has 1 aliphatic carbocycles. The number of hydrogen-bond donors (Lipinski definition) is 2. The highest BCUT2D eigenvalue weighted by molar-refractivity contribution is 6.01. The summed E-state index contributed by atoms with van der Waals surface area (Å²) >= 11 is 0. The van der Waals surface area contributed by atoms with Gasteiger partial charge in [-0.3, -0.25) is 4.79 Å². The van der Waals surface area contributed by atoms with Crippen LogP contribution in [-0.4, -0.2) is 37.4 Å². The lowest BCUT2D eigenvalue weighted by molar-refractivity contribution is -0.116. The predicted molar refractivity (Wildman–Crippen MR) is 113 cm³/mol. The van der Waals surface area contributed by atoms with Gasteiger partial charge in [-0.25, -0.2) is 4.63 Å². The second-order valence-corrected chi connectivity index (χ2v) is 7.55. The number of furan rings is 1. The summed E-state index contributed by atoms with van der Waals surface area (Å²) in [6.07, 6.45) is 2.49. The van der Waals surface area contributed by atoms with Gasteiger partial charge in [0, 0.05) is 35.2 Å². The van der Waals surface area contributed by atoms with Crippen molar-refractivity contribution in [2.45, 2.75) is 24.8 Å². The zero-order valence-corrected chi connectivity index (χ0v) is 17.8. The lowest BCUT2D eigenvalue weighted by Gasteiger charge is -2.29. The van der Waals surface area contributed by atoms with Crippen molar-refractivity contribution in [2.24, 2.45) is 0 Å². The number of aromatic nitrogens is 2. The third-order valence-corrected chi connectivity index (χ3v) is 5.83. The van der Waals surface area contributed by atoms with Crippen molar-refractivity contribution in [3.05, 3.63) is 53.1 Å². The Kier molecular flexibility index (Phi) is 4.96. The van der Waals surface area contributed by atoms with E-state index in [1.54, 1.807) is 39.7 Å². The zero-order chi connectivity index (χ0) is 22.2. The Balaban J connectivity index is 1.66. The molecule has 2 N–H and O–H groups in total. The molecule has 166 valence electrons. The molecule has 10 nitrogen and oxygen atoms in total. The van der Waals surface area contributed by atoms with E-state index in [-0.39, 0.29) is 11.7 Å². The van der Waals surface area contributed by atoms with Crippen LogP contribution >= 0.6 is 0 Å². The number of ether oxygens (including phenoxy) is 3. The average Bonchev–Trinajstić information content (AvgIpc) is 3.47. The number of nitrogens with one attached hydrogen (secondary N) is 2. The van der Waals surface area contributed by atoms with Crippen molar-refractivity contribution >= 4 is 17.4 Å². The van der Waals surface area contributed by atoms with E-state index in [4.69, 9.17) is 23.3 Å². The van der Waals surface area contributed by atoms with E-state index in [0.717, 1.165) is 11.5 Å². The van der Waals surface area contributed by atoms with Gasteiger partial charge in [0.1, 0.15) is 11.5 Å². The summed E-state index contributed by atoms with van der Waals surface area (Å²) in [4.78, 5) is 13.5. The van der Waals surface area contributed by atoms with E-state index >= 15 is 0 Å². The maximum atomic E-state index is 13.5. The highest BCUT2D eigenvalue weighted by Gasteiger charge is 2.39. The smallest absolute Gasteiger partial charge is 0.219 e. The Labute approximate surface area is 183 Å². The molecule has 0 saturated carbocycles. The molecule has 2 atom stereocenters. The lowest BCUT2D eigenvalue weighted by Crippen LogP contribution is -2.27. The molecule has 5 rings (SSSR count). The second kappa shape index (κ2) is 7.95. The first-order valence-electron chi connectivity index (χ1n) is 10.1. The summed E-state index contributed by atoms with van der Waals surface area (Å²) in [6, 6.07) is 6.66. The standard InChI is InChI=1S/C22H22N4O6/c1-28-16-10-18(30-3)17(29-2)9-12(16)20-19-13(23-21-22(24-20)26-32-25-21)7-11(8-14(19)27)15-5-4-6-31-15/h4-6,9-11,20H,7-8H2,1-3H3,(H,23,25)(H,24,26). The number of benzene rings is 1. The molecule has 0 fully saturated rings. The summed E-state index contributed by atoms with van der Waals surface area (Å²) < 4.78 is 27.0. The molecule has 3 aromatic rings. The second-order valence-electron chi connectivity index (χ2n) is 7.55. The lowest BCUT2D eigenvalue weighted by atomic mass is 9.80. The van der Waals surface area contributed by atoms with Crippen molar-refractivity contribution in [1.29, 1.82) is 0 Å². The molecular weight excluding hydrogens is 416 g/mol. The Hall–Kier alpha value is -3.95. The average molecular weight is 438 g/mol. The minimum Gasteiger partial charge on any atom is -0.496 e. The SMILES string of the molecule is COc1cc(OC)c(C2Nc3nonc3NC3=C2C(=O)CC(c2ccco2)C3)cc1OC. The Morgan fingerprint density at radius 1 is 1.00 bits per heavy atom. The fraction of sp³-hybridized carbons (Fsp3) is 0.318. The number of ketones is 1. The van der Waals surface area contributed by atoms with Crippen LogP contribution in [0.15, 0.2) is 50.8 Å². The number of methoxy groups -OCH3 is 3. The summed E-state index contributed by atoms with van der Waals surface area (Å²) in [5, 5.41) is 14.4. The molecule has 1 aliphatic heterocycles. The van der Waals surface area contributed by atoms with Crippen LogP contribution in [0, 0.1) is 0 Å². The molecule has 3 heterocycles. The maximum absolute atomic E-state index is 13.5. The van der Waals surface area contributed by atoms with Crippen LogP contribution in [0.1, 0.15) is 36.1 Å².